The van der Waals surface area contributed by atoms with E-state index < -0.39 is 0 Å². The summed E-state index contributed by atoms with van der Waals surface area (Å²) in [7, 11) is 0. The third kappa shape index (κ3) is 3.68. The Hall–Kier alpha value is -2.62. The number of hydrogen-bond donors (Lipinski definition) is 2. The number of nitrogens with zero attached hydrogens (tertiary/aromatic N) is 2. The third-order valence-corrected chi connectivity index (χ3v) is 2.63. The van der Waals surface area contributed by atoms with Gasteiger partial charge in [-0.3, -0.25) is 9.97 Å². The number of hydrogen-bond acceptors (Lipinski definition) is 4. The third-order valence-electron chi connectivity index (χ3n) is 2.63. The molecule has 0 unspecified atom stereocenters. The maximum absolute atomic E-state index is 4.28. The largest absolute Gasteiger partial charge is 0.360 e. The molecule has 4 heteroatoms. The summed E-state index contributed by atoms with van der Waals surface area (Å²) in [5.74, 6) is 0. The molecule has 20 heavy (non-hydrogen) atoms. The molecule has 4 nitrogen and oxygen atoms in total. The minimum atomic E-state index is 0.720. The van der Waals surface area contributed by atoms with Crippen LogP contribution in [0.4, 0.5) is 11.4 Å². The van der Waals surface area contributed by atoms with Crippen LogP contribution in [0.1, 0.15) is 18.3 Å². The van der Waals surface area contributed by atoms with E-state index in [9.17, 15) is 0 Å². The molecular weight excluding hydrogens is 248 g/mol. The predicted octanol–water partition coefficient (Wildman–Crippen LogP) is 3.81. The van der Waals surface area contributed by atoms with Gasteiger partial charge in [-0.25, -0.2) is 0 Å². The van der Waals surface area contributed by atoms with Crippen molar-refractivity contribution in [1.29, 1.82) is 0 Å². The minimum Gasteiger partial charge on any atom is -0.360 e. The Labute approximate surface area is 119 Å². The topological polar surface area (TPSA) is 49.8 Å². The molecule has 0 saturated carbocycles. The van der Waals surface area contributed by atoms with E-state index in [0.717, 1.165) is 34.2 Å². The molecule has 0 aliphatic heterocycles. The Kier molecular flexibility index (Phi) is 4.15. The summed E-state index contributed by atoms with van der Waals surface area (Å²) < 4.78 is 0. The molecule has 0 saturated heterocycles. The minimum absolute atomic E-state index is 0.720. The highest BCUT2D eigenvalue weighted by molar-refractivity contribution is 5.73. The van der Waals surface area contributed by atoms with Crippen LogP contribution in [0.25, 0.3) is 5.70 Å². The van der Waals surface area contributed by atoms with Crippen LogP contribution in [-0.4, -0.2) is 9.97 Å². The zero-order chi connectivity index (χ0) is 14.5. The average Bonchev–Trinajstić information content (AvgIpc) is 2.41. The maximum Gasteiger partial charge on any atom is 0.104 e. The monoisotopic (exact) mass is 266 g/mol. The van der Waals surface area contributed by atoms with Crippen molar-refractivity contribution < 1.29 is 0 Å². The van der Waals surface area contributed by atoms with Crippen molar-refractivity contribution in [1.82, 2.24) is 9.97 Å². The predicted molar refractivity (Wildman–Crippen MR) is 84.3 cm³/mol. The second kappa shape index (κ2) is 6.02. The molecule has 2 aromatic rings. The van der Waals surface area contributed by atoms with Gasteiger partial charge in [-0.05, 0) is 38.1 Å². The highest BCUT2D eigenvalue weighted by atomic mass is 14.9. The summed E-state index contributed by atoms with van der Waals surface area (Å²) in [5, 5.41) is 6.37. The van der Waals surface area contributed by atoms with Crippen molar-refractivity contribution in [3.63, 3.8) is 0 Å². The van der Waals surface area contributed by atoms with Crippen LogP contribution < -0.4 is 10.6 Å². The number of rotatable bonds is 5. The Morgan fingerprint density at radius 3 is 2.05 bits per heavy atom. The van der Waals surface area contributed by atoms with E-state index in [-0.39, 0.29) is 0 Å². The second-order valence-electron chi connectivity index (χ2n) is 4.63. The van der Waals surface area contributed by atoms with Crippen molar-refractivity contribution in [3.05, 3.63) is 66.9 Å². The Balaban J connectivity index is 2.04. The molecule has 0 fully saturated rings. The van der Waals surface area contributed by atoms with Crippen LogP contribution in [0.3, 0.4) is 0 Å². The lowest BCUT2D eigenvalue weighted by atomic mass is 10.2. The number of nitrogens with one attached hydrogen (secondary N) is 2. The lowest BCUT2D eigenvalue weighted by Gasteiger charge is -2.10. The van der Waals surface area contributed by atoms with Crippen LogP contribution in [0, 0.1) is 6.92 Å². The van der Waals surface area contributed by atoms with Gasteiger partial charge >= 0.3 is 0 Å². The van der Waals surface area contributed by atoms with Gasteiger partial charge in [-0.2, -0.15) is 0 Å². The fourth-order valence-corrected chi connectivity index (χ4v) is 1.67. The van der Waals surface area contributed by atoms with Crippen molar-refractivity contribution in [3.8, 4) is 0 Å². The van der Waals surface area contributed by atoms with Gasteiger partial charge in [0.25, 0.3) is 0 Å². The van der Waals surface area contributed by atoms with E-state index in [1.54, 1.807) is 12.4 Å². The highest BCUT2D eigenvalue weighted by Crippen LogP contribution is 2.18. The van der Waals surface area contributed by atoms with Gasteiger partial charge < -0.3 is 10.6 Å². The SMILES string of the molecule is C=C(C)Nc1ccc(NC(=C)c2cnc(C)cn2)cc1. The quantitative estimate of drug-likeness (QED) is 0.864. The first kappa shape index (κ1) is 13.8. The van der Waals surface area contributed by atoms with E-state index in [1.165, 1.54) is 0 Å². The first-order valence-corrected chi connectivity index (χ1v) is 6.32. The van der Waals surface area contributed by atoms with E-state index in [4.69, 9.17) is 0 Å². The van der Waals surface area contributed by atoms with E-state index in [2.05, 4.69) is 33.8 Å². The van der Waals surface area contributed by atoms with Gasteiger partial charge in [-0.1, -0.05) is 13.2 Å². The molecule has 1 aromatic heterocycles. The van der Waals surface area contributed by atoms with Crippen LogP contribution in [0.5, 0.6) is 0 Å². The first-order valence-electron chi connectivity index (χ1n) is 6.32. The highest BCUT2D eigenvalue weighted by Gasteiger charge is 2.02. The van der Waals surface area contributed by atoms with Crippen LogP contribution in [0.15, 0.2) is 55.5 Å². The fraction of sp³-hybridized carbons (Fsp3) is 0.125. The van der Waals surface area contributed by atoms with Gasteiger partial charge in [0.2, 0.25) is 0 Å². The molecule has 1 heterocycles. The van der Waals surface area contributed by atoms with Crippen molar-refractivity contribution in [2.24, 2.45) is 0 Å². The van der Waals surface area contributed by atoms with Crippen LogP contribution in [-0.2, 0) is 0 Å². The Morgan fingerprint density at radius 1 is 0.950 bits per heavy atom. The van der Waals surface area contributed by atoms with Crippen LogP contribution in [0.2, 0.25) is 0 Å². The Morgan fingerprint density at radius 2 is 1.55 bits per heavy atom. The maximum atomic E-state index is 4.28. The molecule has 0 spiro atoms. The molecule has 0 aliphatic rings. The molecule has 0 radical (unpaired) electrons. The molecule has 2 rings (SSSR count). The standard InChI is InChI=1S/C16H18N4/c1-11(2)19-14-5-7-15(8-6-14)20-13(4)16-10-17-12(3)9-18-16/h5-10,19-20H,1,4H2,2-3H3. The zero-order valence-corrected chi connectivity index (χ0v) is 11.8. The fourth-order valence-electron chi connectivity index (χ4n) is 1.67. The number of aryl methyl sites for hydroxylation is 1. The van der Waals surface area contributed by atoms with E-state index >= 15 is 0 Å². The van der Waals surface area contributed by atoms with Crippen LogP contribution >= 0.6 is 0 Å². The van der Waals surface area contributed by atoms with E-state index in [1.807, 2.05) is 38.1 Å². The normalized spacial score (nSPS) is 9.90. The number of aromatic nitrogens is 2. The molecule has 0 atom stereocenters. The molecule has 102 valence electrons. The summed E-state index contributed by atoms with van der Waals surface area (Å²) in [6, 6.07) is 7.90. The van der Waals surface area contributed by atoms with Gasteiger partial charge in [0.15, 0.2) is 0 Å². The second-order valence-corrected chi connectivity index (χ2v) is 4.63. The summed E-state index contributed by atoms with van der Waals surface area (Å²) in [5.41, 5.74) is 5.20. The molecule has 2 N–H and O–H groups in total. The van der Waals surface area contributed by atoms with Crippen molar-refractivity contribution >= 4 is 17.1 Å². The summed E-state index contributed by atoms with van der Waals surface area (Å²) in [6.45, 7) is 11.6. The van der Waals surface area contributed by atoms with Gasteiger partial charge in [0, 0.05) is 23.3 Å². The summed E-state index contributed by atoms with van der Waals surface area (Å²) >= 11 is 0. The van der Waals surface area contributed by atoms with Crippen molar-refractivity contribution in [2.45, 2.75) is 13.8 Å². The molecule has 0 amide bonds. The van der Waals surface area contributed by atoms with Gasteiger partial charge in [0.1, 0.15) is 5.69 Å². The molecule has 0 aliphatic carbocycles. The molecular formula is C16H18N4. The summed E-state index contributed by atoms with van der Waals surface area (Å²) in [6.07, 6.45) is 3.43. The molecule has 1 aromatic carbocycles. The van der Waals surface area contributed by atoms with Crippen molar-refractivity contribution in [2.75, 3.05) is 10.6 Å². The van der Waals surface area contributed by atoms with E-state index in [0.29, 0.717) is 0 Å². The van der Waals surface area contributed by atoms with Gasteiger partial charge in [-0.15, -0.1) is 0 Å². The lowest BCUT2D eigenvalue weighted by molar-refractivity contribution is 1.09. The number of anilines is 2. The Bertz CT molecular complexity index is 612. The number of allylic oxidation sites excluding steroid dienone is 1. The smallest absolute Gasteiger partial charge is 0.104 e. The van der Waals surface area contributed by atoms with Gasteiger partial charge in [0.05, 0.1) is 17.6 Å². The summed E-state index contributed by atoms with van der Waals surface area (Å²) in [4.78, 5) is 8.49. The number of benzene rings is 1. The zero-order valence-electron chi connectivity index (χ0n) is 11.8. The first-order chi connectivity index (χ1) is 9.54. The molecule has 0 bridgehead atoms. The average molecular weight is 266 g/mol. The lowest BCUT2D eigenvalue weighted by Crippen LogP contribution is -2.01.